The van der Waals surface area contributed by atoms with E-state index in [-0.39, 0.29) is 11.5 Å². The van der Waals surface area contributed by atoms with Gasteiger partial charge in [-0.2, -0.15) is 0 Å². The molecule has 2 rings (SSSR count). The monoisotopic (exact) mass is 309 g/mol. The molecule has 0 spiro atoms. The average Bonchev–Trinajstić information content (AvgIpc) is 2.38. The predicted molar refractivity (Wildman–Crippen MR) is 78.1 cm³/mol. The van der Waals surface area contributed by atoms with Gasteiger partial charge in [-0.05, 0) is 35.9 Å². The minimum Gasteiger partial charge on any atom is -0.325 e. The highest BCUT2D eigenvalue weighted by Gasteiger charge is 2.10. The van der Waals surface area contributed by atoms with E-state index in [9.17, 15) is 17.8 Å². The van der Waals surface area contributed by atoms with Crippen molar-refractivity contribution in [1.82, 2.24) is 0 Å². The summed E-state index contributed by atoms with van der Waals surface area (Å²) in [5.74, 6) is -1.49. The van der Waals surface area contributed by atoms with Crippen molar-refractivity contribution in [3.8, 4) is 0 Å². The van der Waals surface area contributed by atoms with Crippen LogP contribution in [0.2, 0.25) is 0 Å². The van der Waals surface area contributed by atoms with E-state index in [1.165, 1.54) is 42.5 Å². The highest BCUT2D eigenvalue weighted by Crippen LogP contribution is 2.10. The topological polar surface area (TPSA) is 46.2 Å². The maximum atomic E-state index is 13.0. The summed E-state index contributed by atoms with van der Waals surface area (Å²) in [4.78, 5) is 11.7. The second kappa shape index (κ2) is 7.08. The Bertz CT molecular complexity index is 619. The van der Waals surface area contributed by atoms with Gasteiger partial charge in [0, 0.05) is 22.2 Å². The van der Waals surface area contributed by atoms with Gasteiger partial charge in [-0.25, -0.2) is 8.78 Å². The minimum absolute atomic E-state index is 0.0916. The van der Waals surface area contributed by atoms with Crippen molar-refractivity contribution in [1.29, 1.82) is 0 Å². The molecular weight excluding hydrogens is 296 g/mol. The normalized spacial score (nSPS) is 11.9. The molecule has 2 aromatic carbocycles. The third-order valence-electron chi connectivity index (χ3n) is 2.62. The van der Waals surface area contributed by atoms with E-state index in [0.29, 0.717) is 11.3 Å². The number of hydrogen-bond acceptors (Lipinski definition) is 2. The first-order valence-corrected chi connectivity index (χ1v) is 7.66. The maximum Gasteiger partial charge on any atom is 0.237 e. The van der Waals surface area contributed by atoms with Gasteiger partial charge in [-0.15, -0.1) is 0 Å². The summed E-state index contributed by atoms with van der Waals surface area (Å²) in [6, 6.07) is 11.2. The molecule has 0 fully saturated rings. The number of amides is 1. The zero-order chi connectivity index (χ0) is 15.2. The molecule has 0 bridgehead atoms. The molecule has 1 atom stereocenters. The molecule has 6 heteroatoms. The van der Waals surface area contributed by atoms with E-state index >= 15 is 0 Å². The standard InChI is InChI=1S/C15H13F2NO2S/c16-12-4-1-3-11(7-12)9-21(20)10-15(19)18-14-6-2-5-13(17)8-14/h1-8H,9-10H2,(H,18,19). The van der Waals surface area contributed by atoms with Gasteiger partial charge in [0.05, 0.1) is 0 Å². The number of anilines is 1. The minimum atomic E-state index is -1.46. The molecule has 1 N–H and O–H groups in total. The molecule has 110 valence electrons. The van der Waals surface area contributed by atoms with Crippen LogP contribution in [0.25, 0.3) is 0 Å². The van der Waals surface area contributed by atoms with Crippen LogP contribution in [0.3, 0.4) is 0 Å². The first kappa shape index (κ1) is 15.3. The lowest BCUT2D eigenvalue weighted by atomic mass is 10.2. The third kappa shape index (κ3) is 5.07. The van der Waals surface area contributed by atoms with Gasteiger partial charge >= 0.3 is 0 Å². The van der Waals surface area contributed by atoms with Gasteiger partial charge in [0.25, 0.3) is 0 Å². The number of benzene rings is 2. The van der Waals surface area contributed by atoms with Gasteiger partial charge in [0.15, 0.2) is 0 Å². The van der Waals surface area contributed by atoms with Crippen LogP contribution >= 0.6 is 0 Å². The number of hydrogen-bond donors (Lipinski definition) is 1. The maximum absolute atomic E-state index is 13.0. The Balaban J connectivity index is 1.89. The number of halogens is 2. The number of carbonyl (C=O) groups is 1. The molecule has 0 aromatic heterocycles. The summed E-state index contributed by atoms with van der Waals surface area (Å²) < 4.78 is 37.8. The molecule has 0 aliphatic carbocycles. The van der Waals surface area contributed by atoms with Crippen molar-refractivity contribution in [2.24, 2.45) is 0 Å². The Labute approximate surface area is 123 Å². The summed E-state index contributed by atoms with van der Waals surface area (Å²) in [6.45, 7) is 0. The Morgan fingerprint density at radius 3 is 2.38 bits per heavy atom. The van der Waals surface area contributed by atoms with Crippen LogP contribution in [-0.2, 0) is 21.3 Å². The van der Waals surface area contributed by atoms with Crippen LogP contribution in [0, 0.1) is 11.6 Å². The molecule has 3 nitrogen and oxygen atoms in total. The molecule has 1 unspecified atom stereocenters. The van der Waals surface area contributed by atoms with Crippen molar-refractivity contribution in [2.45, 2.75) is 5.75 Å². The zero-order valence-electron chi connectivity index (χ0n) is 11.0. The van der Waals surface area contributed by atoms with Crippen LogP contribution in [0.5, 0.6) is 0 Å². The van der Waals surface area contributed by atoms with Gasteiger partial charge in [-0.1, -0.05) is 18.2 Å². The van der Waals surface area contributed by atoms with Crippen molar-refractivity contribution in [3.63, 3.8) is 0 Å². The van der Waals surface area contributed by atoms with E-state index in [0.717, 1.165) is 0 Å². The fourth-order valence-electron chi connectivity index (χ4n) is 1.77. The van der Waals surface area contributed by atoms with E-state index in [1.54, 1.807) is 6.07 Å². The van der Waals surface area contributed by atoms with Crippen LogP contribution < -0.4 is 5.32 Å². The third-order valence-corrected chi connectivity index (χ3v) is 3.86. The number of nitrogens with one attached hydrogen (secondary N) is 1. The fraction of sp³-hybridized carbons (Fsp3) is 0.133. The first-order chi connectivity index (χ1) is 10.0. The van der Waals surface area contributed by atoms with Gasteiger partial charge in [-0.3, -0.25) is 9.00 Å². The van der Waals surface area contributed by atoms with Crippen LogP contribution in [0.4, 0.5) is 14.5 Å². The molecule has 0 saturated heterocycles. The highest BCUT2D eigenvalue weighted by atomic mass is 32.2. The van der Waals surface area contributed by atoms with Gasteiger partial charge < -0.3 is 5.32 Å². The van der Waals surface area contributed by atoms with Crippen molar-refractivity contribution in [2.75, 3.05) is 11.1 Å². The van der Waals surface area contributed by atoms with E-state index in [4.69, 9.17) is 0 Å². The smallest absolute Gasteiger partial charge is 0.237 e. The molecule has 0 heterocycles. The molecule has 21 heavy (non-hydrogen) atoms. The summed E-state index contributed by atoms with van der Waals surface area (Å²) in [5.41, 5.74) is 0.870. The molecule has 0 aliphatic heterocycles. The lowest BCUT2D eigenvalue weighted by Gasteiger charge is -2.05. The summed E-state index contributed by atoms with van der Waals surface area (Å²) in [5, 5.41) is 2.46. The number of carbonyl (C=O) groups excluding carboxylic acids is 1. The van der Waals surface area contributed by atoms with Gasteiger partial charge in [0.1, 0.15) is 17.4 Å². The molecule has 2 aromatic rings. The SMILES string of the molecule is O=C(CS(=O)Cc1cccc(F)c1)Nc1cccc(F)c1. The summed E-state index contributed by atoms with van der Waals surface area (Å²) in [6.07, 6.45) is 0. The quantitative estimate of drug-likeness (QED) is 0.923. The predicted octanol–water partition coefficient (Wildman–Crippen LogP) is 2.85. The Kier molecular flexibility index (Phi) is 5.16. The Morgan fingerprint density at radius 1 is 1.05 bits per heavy atom. The van der Waals surface area contributed by atoms with Crippen LogP contribution in [-0.4, -0.2) is 15.9 Å². The van der Waals surface area contributed by atoms with E-state index in [2.05, 4.69) is 5.32 Å². The van der Waals surface area contributed by atoms with Crippen LogP contribution in [0.15, 0.2) is 48.5 Å². The van der Waals surface area contributed by atoms with Crippen molar-refractivity contribution in [3.05, 3.63) is 65.7 Å². The van der Waals surface area contributed by atoms with Crippen LogP contribution in [0.1, 0.15) is 5.56 Å². The zero-order valence-corrected chi connectivity index (χ0v) is 11.8. The lowest BCUT2D eigenvalue weighted by Crippen LogP contribution is -2.20. The molecule has 0 aliphatic rings. The largest absolute Gasteiger partial charge is 0.325 e. The van der Waals surface area contributed by atoms with E-state index < -0.39 is 28.3 Å². The fourth-order valence-corrected chi connectivity index (χ4v) is 2.79. The Morgan fingerprint density at radius 2 is 1.71 bits per heavy atom. The van der Waals surface area contributed by atoms with Gasteiger partial charge in [0.2, 0.25) is 5.91 Å². The molecule has 1 amide bonds. The molecule has 0 radical (unpaired) electrons. The molecular formula is C15H13F2NO2S. The average molecular weight is 309 g/mol. The van der Waals surface area contributed by atoms with E-state index in [1.807, 2.05) is 0 Å². The Hall–Kier alpha value is -2.08. The van der Waals surface area contributed by atoms with Crippen molar-refractivity contribution < 1.29 is 17.8 Å². The van der Waals surface area contributed by atoms with Crippen molar-refractivity contribution >= 4 is 22.4 Å². The molecule has 0 saturated carbocycles. The summed E-state index contributed by atoms with van der Waals surface area (Å²) >= 11 is 0. The first-order valence-electron chi connectivity index (χ1n) is 6.18. The highest BCUT2D eigenvalue weighted by molar-refractivity contribution is 7.84. The summed E-state index contributed by atoms with van der Waals surface area (Å²) in [7, 11) is -1.46. The second-order valence-corrected chi connectivity index (χ2v) is 5.87. The second-order valence-electron chi connectivity index (χ2n) is 4.42. The lowest BCUT2D eigenvalue weighted by molar-refractivity contribution is -0.113. The number of rotatable bonds is 5.